The maximum absolute atomic E-state index is 12.8. The molecule has 38 heavy (non-hydrogen) atoms. The number of hydrazine groups is 1. The third-order valence-corrected chi connectivity index (χ3v) is 6.97. The predicted octanol–water partition coefficient (Wildman–Crippen LogP) is 6.15. The SMILES string of the molecule is C=CC(=C)n1cnc(-c2ccc(C(CC)NNC(=O)/N=c3\sccn3-c3cc(C)ccc3C(C)C)cc2)n1. The molecule has 2 aromatic heterocycles. The van der Waals surface area contributed by atoms with Crippen molar-refractivity contribution in [3.05, 3.63) is 101 Å². The molecule has 2 aromatic carbocycles. The van der Waals surface area contributed by atoms with Crippen molar-refractivity contribution in [2.24, 2.45) is 4.99 Å². The summed E-state index contributed by atoms with van der Waals surface area (Å²) in [6.07, 6.45) is 5.96. The zero-order chi connectivity index (χ0) is 27.2. The number of carbonyl (C=O) groups excluding carboxylic acids is 1. The Morgan fingerprint density at radius 1 is 1.21 bits per heavy atom. The number of rotatable bonds is 9. The highest BCUT2D eigenvalue weighted by Crippen LogP contribution is 2.24. The molecule has 4 rings (SSSR count). The average molecular weight is 528 g/mol. The molecule has 2 amide bonds. The largest absolute Gasteiger partial charge is 0.357 e. The van der Waals surface area contributed by atoms with Gasteiger partial charge in [-0.1, -0.05) is 70.3 Å². The van der Waals surface area contributed by atoms with Gasteiger partial charge in [0, 0.05) is 17.1 Å². The van der Waals surface area contributed by atoms with E-state index >= 15 is 0 Å². The third-order valence-electron chi connectivity index (χ3n) is 6.21. The Hall–Kier alpha value is -4.08. The van der Waals surface area contributed by atoms with Gasteiger partial charge in [-0.15, -0.1) is 16.4 Å². The first-order valence-corrected chi connectivity index (χ1v) is 13.4. The van der Waals surface area contributed by atoms with Crippen LogP contribution < -0.4 is 15.7 Å². The van der Waals surface area contributed by atoms with Crippen LogP contribution >= 0.6 is 11.3 Å². The van der Waals surface area contributed by atoms with E-state index in [2.05, 4.69) is 85.0 Å². The molecule has 0 aliphatic rings. The highest BCUT2D eigenvalue weighted by molar-refractivity contribution is 7.07. The first kappa shape index (κ1) is 27.0. The highest BCUT2D eigenvalue weighted by Gasteiger charge is 2.13. The minimum Gasteiger partial charge on any atom is -0.292 e. The molecule has 1 unspecified atom stereocenters. The van der Waals surface area contributed by atoms with Gasteiger partial charge >= 0.3 is 6.03 Å². The van der Waals surface area contributed by atoms with E-state index in [1.54, 1.807) is 17.1 Å². The van der Waals surface area contributed by atoms with Gasteiger partial charge in [0.15, 0.2) is 10.6 Å². The van der Waals surface area contributed by atoms with Crippen molar-refractivity contribution in [2.45, 2.75) is 46.1 Å². The number of amides is 2. The van der Waals surface area contributed by atoms with E-state index in [-0.39, 0.29) is 6.04 Å². The maximum atomic E-state index is 12.8. The van der Waals surface area contributed by atoms with Crippen LogP contribution in [0.5, 0.6) is 0 Å². The minimum atomic E-state index is -0.452. The number of aryl methyl sites for hydroxylation is 1. The van der Waals surface area contributed by atoms with Crippen LogP contribution in [-0.2, 0) is 0 Å². The molecular formula is C29H33N7OS. The van der Waals surface area contributed by atoms with Crippen LogP contribution in [0, 0.1) is 6.92 Å². The van der Waals surface area contributed by atoms with Crippen molar-refractivity contribution in [2.75, 3.05) is 0 Å². The predicted molar refractivity (Wildman–Crippen MR) is 154 cm³/mol. The number of hydrogen-bond donors (Lipinski definition) is 2. The Bertz CT molecular complexity index is 1510. The van der Waals surface area contributed by atoms with Crippen LogP contribution in [0.2, 0.25) is 0 Å². The quantitative estimate of drug-likeness (QED) is 0.202. The normalized spacial score (nSPS) is 12.5. The Labute approximate surface area is 227 Å². The summed E-state index contributed by atoms with van der Waals surface area (Å²) in [6, 6.07) is 13.8. The van der Waals surface area contributed by atoms with Crippen LogP contribution in [-0.4, -0.2) is 25.4 Å². The fourth-order valence-corrected chi connectivity index (χ4v) is 4.78. The van der Waals surface area contributed by atoms with Gasteiger partial charge in [0.1, 0.15) is 6.33 Å². The monoisotopic (exact) mass is 527 g/mol. The molecule has 0 saturated carbocycles. The summed E-state index contributed by atoms with van der Waals surface area (Å²) < 4.78 is 3.56. The molecule has 2 N–H and O–H groups in total. The Balaban J connectivity index is 1.47. The first-order valence-electron chi connectivity index (χ1n) is 12.5. The number of allylic oxidation sites excluding steroid dienone is 2. The van der Waals surface area contributed by atoms with Gasteiger partial charge in [0.05, 0.1) is 17.4 Å². The van der Waals surface area contributed by atoms with E-state index in [0.29, 0.717) is 22.2 Å². The molecule has 1 atom stereocenters. The fourth-order valence-electron chi connectivity index (χ4n) is 4.06. The lowest BCUT2D eigenvalue weighted by atomic mass is 9.99. The molecule has 9 heteroatoms. The van der Waals surface area contributed by atoms with Gasteiger partial charge < -0.3 is 0 Å². The summed E-state index contributed by atoms with van der Waals surface area (Å²) in [5.74, 6) is 0.947. The smallest absolute Gasteiger partial charge is 0.292 e. The van der Waals surface area contributed by atoms with E-state index < -0.39 is 6.03 Å². The van der Waals surface area contributed by atoms with Gasteiger partial charge in [0.25, 0.3) is 0 Å². The van der Waals surface area contributed by atoms with Gasteiger partial charge in [-0.2, -0.15) is 4.99 Å². The number of aromatic nitrogens is 4. The molecule has 0 fully saturated rings. The number of thiazole rings is 1. The molecule has 0 spiro atoms. The van der Waals surface area contributed by atoms with Crippen molar-refractivity contribution in [3.63, 3.8) is 0 Å². The summed E-state index contributed by atoms with van der Waals surface area (Å²) in [5.41, 5.74) is 11.9. The minimum absolute atomic E-state index is 0.0889. The molecule has 196 valence electrons. The van der Waals surface area contributed by atoms with E-state index in [1.807, 2.05) is 40.4 Å². The number of hydrogen-bond acceptors (Lipinski definition) is 5. The first-order chi connectivity index (χ1) is 18.3. The second-order valence-electron chi connectivity index (χ2n) is 9.25. The fraction of sp³-hybridized carbons (Fsp3) is 0.241. The molecule has 0 aliphatic heterocycles. The third kappa shape index (κ3) is 6.07. The van der Waals surface area contributed by atoms with Gasteiger partial charge in [0.2, 0.25) is 0 Å². The Morgan fingerprint density at radius 3 is 2.66 bits per heavy atom. The molecule has 0 radical (unpaired) electrons. The zero-order valence-corrected chi connectivity index (χ0v) is 23.0. The van der Waals surface area contributed by atoms with Crippen LogP contribution in [0.4, 0.5) is 4.79 Å². The molecule has 2 heterocycles. The maximum Gasteiger partial charge on any atom is 0.357 e. The van der Waals surface area contributed by atoms with E-state index in [9.17, 15) is 4.79 Å². The summed E-state index contributed by atoms with van der Waals surface area (Å²) in [5, 5.41) is 6.38. The van der Waals surface area contributed by atoms with Crippen LogP contribution in [0.3, 0.4) is 0 Å². The summed E-state index contributed by atoms with van der Waals surface area (Å²) in [6.45, 7) is 16.0. The molecule has 0 aliphatic carbocycles. The van der Waals surface area contributed by atoms with E-state index in [4.69, 9.17) is 0 Å². The summed E-state index contributed by atoms with van der Waals surface area (Å²) in [4.78, 5) is 22.1. The lowest BCUT2D eigenvalue weighted by Gasteiger charge is -2.17. The number of urea groups is 1. The number of benzene rings is 2. The number of carbonyl (C=O) groups is 1. The average Bonchev–Trinajstić information content (AvgIpc) is 3.59. The van der Waals surface area contributed by atoms with Gasteiger partial charge in [-0.05, 0) is 48.1 Å². The van der Waals surface area contributed by atoms with Crippen molar-refractivity contribution in [1.82, 2.24) is 30.2 Å². The van der Waals surface area contributed by atoms with Gasteiger partial charge in [-0.3, -0.25) is 9.99 Å². The molecule has 0 bridgehead atoms. The van der Waals surface area contributed by atoms with Crippen molar-refractivity contribution >= 4 is 23.1 Å². The number of nitrogens with zero attached hydrogens (tertiary/aromatic N) is 5. The molecular weight excluding hydrogens is 494 g/mol. The van der Waals surface area contributed by atoms with Crippen molar-refractivity contribution < 1.29 is 4.79 Å². The lowest BCUT2D eigenvalue weighted by molar-refractivity contribution is 0.241. The van der Waals surface area contributed by atoms with Crippen LogP contribution in [0.15, 0.2) is 84.6 Å². The number of nitrogens with one attached hydrogen (secondary N) is 2. The van der Waals surface area contributed by atoms with Crippen LogP contribution in [0.1, 0.15) is 55.8 Å². The summed E-state index contributed by atoms with van der Waals surface area (Å²) in [7, 11) is 0. The Morgan fingerprint density at radius 2 is 1.97 bits per heavy atom. The zero-order valence-electron chi connectivity index (χ0n) is 22.2. The second kappa shape index (κ2) is 12.0. The Kier molecular flexibility index (Phi) is 8.50. The summed E-state index contributed by atoms with van der Waals surface area (Å²) >= 11 is 1.42. The van der Waals surface area contributed by atoms with Crippen molar-refractivity contribution in [3.8, 4) is 17.1 Å². The molecule has 4 aromatic rings. The second-order valence-corrected chi connectivity index (χ2v) is 10.1. The van der Waals surface area contributed by atoms with Crippen molar-refractivity contribution in [1.29, 1.82) is 0 Å². The van der Waals surface area contributed by atoms with E-state index in [0.717, 1.165) is 28.8 Å². The lowest BCUT2D eigenvalue weighted by Crippen LogP contribution is -2.39. The van der Waals surface area contributed by atoms with Crippen LogP contribution in [0.25, 0.3) is 22.8 Å². The highest BCUT2D eigenvalue weighted by atomic mass is 32.1. The molecule has 0 saturated heterocycles. The van der Waals surface area contributed by atoms with E-state index in [1.165, 1.54) is 16.9 Å². The molecule has 8 nitrogen and oxygen atoms in total. The topological polar surface area (TPSA) is 89.1 Å². The van der Waals surface area contributed by atoms with Gasteiger partial charge in [-0.25, -0.2) is 19.9 Å². The standard InChI is InChI=1S/C29H33N7OS/c1-7-21(6)36-18-30-27(34-36)23-12-10-22(11-13-23)25(8-2)32-33-28(37)31-29-35(15-16-38-29)26-17-20(5)9-14-24(26)19(3)4/h7,9-19,25,32H,1,6,8H2,2-5H3,(H,33,37)/b31-29-.